The van der Waals surface area contributed by atoms with Crippen molar-refractivity contribution in [1.29, 1.82) is 5.41 Å². The lowest BCUT2D eigenvalue weighted by atomic mass is 9.80. The van der Waals surface area contributed by atoms with Crippen LogP contribution in [0, 0.1) is 5.41 Å². The van der Waals surface area contributed by atoms with Gasteiger partial charge >= 0.3 is 0 Å². The van der Waals surface area contributed by atoms with Gasteiger partial charge in [-0.2, -0.15) is 0 Å². The Morgan fingerprint density at radius 2 is 1.15 bits per heavy atom. The monoisotopic (exact) mass is 678 g/mol. The molecule has 1 N–H and O–H groups in total. The van der Waals surface area contributed by atoms with Gasteiger partial charge in [-0.05, 0) is 83.3 Å². The zero-order valence-corrected chi connectivity index (χ0v) is 29.8. The summed E-state index contributed by atoms with van der Waals surface area (Å²) in [6.07, 6.45) is 3.76. The normalized spacial score (nSPS) is 13.4. The topological polar surface area (TPSA) is 36.2 Å². The summed E-state index contributed by atoms with van der Waals surface area (Å²) in [5.74, 6) is 0. The number of nitrogens with one attached hydrogen (secondary N) is 1. The average molecular weight is 679 g/mol. The summed E-state index contributed by atoms with van der Waals surface area (Å²) < 4.78 is 0. The molecule has 0 amide bonds. The number of hydrogen-bond acceptors (Lipinski definition) is 2. The Morgan fingerprint density at radius 3 is 1.91 bits per heavy atom. The largest absolute Gasteiger partial charge is 0.300 e. The molecule has 2 heteroatoms. The second-order valence-electron chi connectivity index (χ2n) is 14.3. The van der Waals surface area contributed by atoms with E-state index in [1.54, 1.807) is 0 Å². The van der Waals surface area contributed by atoms with Crippen molar-refractivity contribution in [2.24, 2.45) is 4.99 Å². The minimum atomic E-state index is -0.0971. The molecule has 0 radical (unpaired) electrons. The van der Waals surface area contributed by atoms with Crippen LogP contribution in [-0.2, 0) is 5.41 Å². The molecule has 0 unspecified atom stereocenters. The van der Waals surface area contributed by atoms with Crippen molar-refractivity contribution in [3.63, 3.8) is 0 Å². The van der Waals surface area contributed by atoms with Crippen molar-refractivity contribution < 1.29 is 0 Å². The fourth-order valence-corrected chi connectivity index (χ4v) is 8.20. The summed E-state index contributed by atoms with van der Waals surface area (Å²) in [4.78, 5) is 4.99. The molecular weight excluding hydrogens is 641 g/mol. The first-order valence-electron chi connectivity index (χ1n) is 18.2. The van der Waals surface area contributed by atoms with E-state index >= 15 is 0 Å². The highest BCUT2D eigenvalue weighted by atomic mass is 14.7. The molecule has 1 aliphatic carbocycles. The summed E-state index contributed by atoms with van der Waals surface area (Å²) in [7, 11) is 0. The Kier molecular flexibility index (Phi) is 8.01. The van der Waals surface area contributed by atoms with Crippen LogP contribution in [0.1, 0.15) is 41.7 Å². The fraction of sp³-hybridized carbons (Fsp3) is 0.0588. The van der Waals surface area contributed by atoms with Crippen LogP contribution in [0.5, 0.6) is 0 Å². The van der Waals surface area contributed by atoms with E-state index in [9.17, 15) is 0 Å². The maximum Gasteiger partial charge on any atom is 0.0729 e. The van der Waals surface area contributed by atoms with Crippen molar-refractivity contribution in [3.05, 3.63) is 210 Å². The van der Waals surface area contributed by atoms with Gasteiger partial charge in [0.2, 0.25) is 0 Å². The number of rotatable bonds is 7. The smallest absolute Gasteiger partial charge is 0.0729 e. The fourth-order valence-electron chi connectivity index (χ4n) is 8.20. The van der Waals surface area contributed by atoms with Gasteiger partial charge in [-0.25, -0.2) is 0 Å². The quantitative estimate of drug-likeness (QED) is 0.163. The second-order valence-corrected chi connectivity index (χ2v) is 14.3. The number of hydrogen-bond donors (Lipinski definition) is 1. The molecule has 0 atom stereocenters. The van der Waals surface area contributed by atoms with Gasteiger partial charge in [0.05, 0.1) is 11.4 Å². The molecule has 1 aliphatic rings. The molecule has 8 aromatic rings. The van der Waals surface area contributed by atoms with Crippen LogP contribution in [0.3, 0.4) is 0 Å². The van der Waals surface area contributed by atoms with Crippen LogP contribution in [0.2, 0.25) is 0 Å². The van der Waals surface area contributed by atoms with Crippen LogP contribution in [0.25, 0.3) is 60.6 Å². The molecular formula is C51H38N2. The SMILES string of the molecule is CC1(C)c2cccc(-c3ccc(-c4ccc(/C(=C/C(=N)c5ccccc5)N=Cc5ccccc5)c5ccccc45)cc3)c2-c2ccc3ccccc3c21. The van der Waals surface area contributed by atoms with Gasteiger partial charge in [-0.15, -0.1) is 0 Å². The highest BCUT2D eigenvalue weighted by Gasteiger charge is 2.38. The predicted octanol–water partition coefficient (Wildman–Crippen LogP) is 13.2. The highest BCUT2D eigenvalue weighted by Crippen LogP contribution is 2.54. The van der Waals surface area contributed by atoms with Crippen LogP contribution in [0.4, 0.5) is 0 Å². The van der Waals surface area contributed by atoms with E-state index in [0.717, 1.165) is 44.3 Å². The molecule has 0 bridgehead atoms. The summed E-state index contributed by atoms with van der Waals surface area (Å²) in [5, 5.41) is 13.8. The molecule has 0 heterocycles. The number of allylic oxidation sites excluding steroid dienone is 1. The lowest BCUT2D eigenvalue weighted by molar-refractivity contribution is 0.666. The molecule has 0 saturated carbocycles. The van der Waals surface area contributed by atoms with Crippen LogP contribution >= 0.6 is 0 Å². The van der Waals surface area contributed by atoms with E-state index in [1.807, 2.05) is 73.0 Å². The van der Waals surface area contributed by atoms with Crippen molar-refractivity contribution in [2.75, 3.05) is 0 Å². The Bertz CT molecular complexity index is 2730. The Labute approximate surface area is 311 Å². The summed E-state index contributed by atoms with van der Waals surface area (Å²) in [6.45, 7) is 4.73. The van der Waals surface area contributed by atoms with E-state index in [1.165, 1.54) is 44.2 Å². The number of benzene rings is 8. The third-order valence-corrected chi connectivity index (χ3v) is 10.8. The first kappa shape index (κ1) is 32.3. The third-order valence-electron chi connectivity index (χ3n) is 10.8. The van der Waals surface area contributed by atoms with E-state index in [-0.39, 0.29) is 5.41 Å². The number of nitrogens with zero attached hydrogens (tertiary/aromatic N) is 1. The second kappa shape index (κ2) is 13.2. The molecule has 8 aromatic carbocycles. The summed E-state index contributed by atoms with van der Waals surface area (Å²) in [6, 6.07) is 62.1. The van der Waals surface area contributed by atoms with Crippen molar-refractivity contribution in [3.8, 4) is 33.4 Å². The van der Waals surface area contributed by atoms with E-state index in [0.29, 0.717) is 5.71 Å². The van der Waals surface area contributed by atoms with Crippen molar-refractivity contribution in [2.45, 2.75) is 19.3 Å². The molecule has 0 spiro atoms. The van der Waals surface area contributed by atoms with E-state index in [2.05, 4.69) is 129 Å². The minimum absolute atomic E-state index is 0.0971. The van der Waals surface area contributed by atoms with Crippen molar-refractivity contribution in [1.82, 2.24) is 0 Å². The van der Waals surface area contributed by atoms with Gasteiger partial charge in [0.25, 0.3) is 0 Å². The molecule has 2 nitrogen and oxygen atoms in total. The average Bonchev–Trinajstić information content (AvgIpc) is 3.46. The van der Waals surface area contributed by atoms with Gasteiger partial charge in [0, 0.05) is 17.2 Å². The first-order valence-corrected chi connectivity index (χ1v) is 18.2. The van der Waals surface area contributed by atoms with Gasteiger partial charge in [0.1, 0.15) is 0 Å². The predicted molar refractivity (Wildman–Crippen MR) is 225 cm³/mol. The Morgan fingerprint density at radius 1 is 0.528 bits per heavy atom. The summed E-state index contributed by atoms with van der Waals surface area (Å²) >= 11 is 0. The molecule has 0 fully saturated rings. The molecule has 0 aliphatic heterocycles. The zero-order valence-electron chi connectivity index (χ0n) is 29.8. The van der Waals surface area contributed by atoms with Gasteiger partial charge < -0.3 is 5.41 Å². The lowest BCUT2D eigenvalue weighted by Gasteiger charge is -2.23. The standard InChI is InChI=1S/C51H38N2/c1-51(2)46-23-13-22-40(49(46)45-29-28-35-16-9-10-19-41(35)50(45)51)37-26-24-36(25-27-37)39-30-31-44(43-21-12-11-20-42(39)43)48(53-33-34-14-5-3-6-15-34)32-47(52)38-17-7-4-8-18-38/h3-33,52H,1-2H3/b48-32-,52-47?,53-33?. The van der Waals surface area contributed by atoms with Crippen LogP contribution in [0.15, 0.2) is 187 Å². The Hall–Kier alpha value is -6.64. The maximum atomic E-state index is 8.96. The van der Waals surface area contributed by atoms with Gasteiger partial charge in [0.15, 0.2) is 0 Å². The van der Waals surface area contributed by atoms with E-state index in [4.69, 9.17) is 10.4 Å². The first-order chi connectivity index (χ1) is 26.0. The third kappa shape index (κ3) is 5.70. The van der Waals surface area contributed by atoms with Crippen LogP contribution in [-0.4, -0.2) is 11.9 Å². The lowest BCUT2D eigenvalue weighted by Crippen LogP contribution is -2.15. The molecule has 0 aromatic heterocycles. The van der Waals surface area contributed by atoms with E-state index < -0.39 is 0 Å². The Balaban J connectivity index is 1.12. The molecule has 252 valence electrons. The number of fused-ring (bicyclic) bond motifs is 6. The highest BCUT2D eigenvalue weighted by molar-refractivity contribution is 6.13. The van der Waals surface area contributed by atoms with Crippen LogP contribution < -0.4 is 0 Å². The van der Waals surface area contributed by atoms with Gasteiger partial charge in [-0.1, -0.05) is 190 Å². The van der Waals surface area contributed by atoms with Crippen molar-refractivity contribution >= 4 is 39.2 Å². The molecule has 53 heavy (non-hydrogen) atoms. The van der Waals surface area contributed by atoms with Gasteiger partial charge in [-0.3, -0.25) is 4.99 Å². The molecule has 0 saturated heterocycles. The maximum absolute atomic E-state index is 8.96. The molecule has 9 rings (SSSR count). The zero-order chi connectivity index (χ0) is 35.9. The minimum Gasteiger partial charge on any atom is -0.300 e. The number of aliphatic imine (C=N–C) groups is 1. The summed E-state index contributed by atoms with van der Waals surface area (Å²) in [5.41, 5.74) is 14.2.